The summed E-state index contributed by atoms with van der Waals surface area (Å²) in [6, 6.07) is 0. The first-order valence-corrected chi connectivity index (χ1v) is 1.56. The molecule has 24 valence electrons. The summed E-state index contributed by atoms with van der Waals surface area (Å²) in [6.45, 7) is 3.67. The Hall–Kier alpha value is 0.337. The van der Waals surface area contributed by atoms with Crippen molar-refractivity contribution in [3.8, 4) is 0 Å². The van der Waals surface area contributed by atoms with Gasteiger partial charge in [0.2, 0.25) is 0 Å². The van der Waals surface area contributed by atoms with Crippen LogP contribution >= 0.6 is 0 Å². The molecule has 0 unspecified atom stereocenters. The Kier molecular flexibility index (Phi) is 1.81. The van der Waals surface area contributed by atoms with E-state index in [4.69, 9.17) is 0 Å². The van der Waals surface area contributed by atoms with Gasteiger partial charge in [0.1, 0.15) is 0 Å². The molecule has 0 N–H and O–H groups in total. The zero-order valence-electron chi connectivity index (χ0n) is 2.62. The predicted octanol–water partition coefficient (Wildman–Crippen LogP) is 0.688. The van der Waals surface area contributed by atoms with Gasteiger partial charge in [-0.15, -0.1) is 0 Å². The Morgan fingerprint density at radius 2 is 1.60 bits per heavy atom. The van der Waals surface area contributed by atoms with Crippen LogP contribution in [0, 0.1) is 0 Å². The van der Waals surface area contributed by atoms with E-state index in [9.17, 15) is 0 Å². The molecule has 0 atom stereocenters. The topological polar surface area (TPSA) is 0 Å². The summed E-state index contributed by atoms with van der Waals surface area (Å²) in [4.78, 5) is 0. The van der Waals surface area contributed by atoms with Crippen LogP contribution in [0.5, 0.6) is 0 Å². The molecular formula is C4H7Li. The van der Waals surface area contributed by atoms with Gasteiger partial charge >= 0.3 is 18.9 Å². The third kappa shape index (κ3) is 2.13. The van der Waals surface area contributed by atoms with Gasteiger partial charge in [-0.25, -0.2) is 0 Å². The fourth-order valence-electron chi connectivity index (χ4n) is 0.0884. The van der Waals surface area contributed by atoms with Crippen LogP contribution in [0.1, 0.15) is 12.8 Å². The van der Waals surface area contributed by atoms with E-state index >= 15 is 0 Å². The van der Waals surface area contributed by atoms with E-state index in [1.165, 1.54) is 18.4 Å². The van der Waals surface area contributed by atoms with Crippen molar-refractivity contribution in [3.63, 3.8) is 0 Å². The summed E-state index contributed by atoms with van der Waals surface area (Å²) >= 11 is 0. The van der Waals surface area contributed by atoms with E-state index in [-0.39, 0.29) is 18.9 Å². The summed E-state index contributed by atoms with van der Waals surface area (Å²) in [5, 5.41) is 0. The molecule has 0 aromatic rings. The van der Waals surface area contributed by atoms with Crippen LogP contribution in [0.4, 0.5) is 0 Å². The summed E-state index contributed by atoms with van der Waals surface area (Å²) in [6.07, 6.45) is 2.58. The van der Waals surface area contributed by atoms with Crippen LogP contribution in [0.15, 0.2) is 12.2 Å². The molecule has 1 saturated carbocycles. The quantitative estimate of drug-likeness (QED) is 0.286. The van der Waals surface area contributed by atoms with Crippen molar-refractivity contribution < 1.29 is 0 Å². The first-order valence-electron chi connectivity index (χ1n) is 1.56. The molecule has 1 fully saturated rings. The summed E-state index contributed by atoms with van der Waals surface area (Å²) in [5.41, 5.74) is 1.42. The first kappa shape index (κ1) is 5.34. The van der Waals surface area contributed by atoms with Gasteiger partial charge in [0, 0.05) is 0 Å². The van der Waals surface area contributed by atoms with Gasteiger partial charge in [0.15, 0.2) is 0 Å². The zero-order valence-corrected chi connectivity index (χ0v) is 2.62. The number of rotatable bonds is 0. The minimum absolute atomic E-state index is 0. The average Bonchev–Trinajstić information content (AvgIpc) is 1.75. The molecule has 0 nitrogen and oxygen atoms in total. The van der Waals surface area contributed by atoms with Gasteiger partial charge in [0.25, 0.3) is 0 Å². The third-order valence-electron chi connectivity index (χ3n) is 0.604. The molecule has 0 heterocycles. The predicted molar refractivity (Wildman–Crippen MR) is 25.5 cm³/mol. The maximum atomic E-state index is 3.67. The van der Waals surface area contributed by atoms with Crippen LogP contribution in [-0.2, 0) is 0 Å². The second-order valence-electron chi connectivity index (χ2n) is 1.25. The van der Waals surface area contributed by atoms with Crippen LogP contribution < -0.4 is 0 Å². The molecule has 0 radical (unpaired) electrons. The second-order valence-corrected chi connectivity index (χ2v) is 1.25. The molecule has 0 aliphatic heterocycles. The number of hydrogen-bond acceptors (Lipinski definition) is 0. The Bertz CT molecular complexity index is 41.6. The maximum absolute atomic E-state index is 3.67. The first-order chi connectivity index (χ1) is 1.89. The molecule has 1 rings (SSSR count). The number of hydrogen-bond donors (Lipinski definition) is 0. The Morgan fingerprint density at radius 1 is 1.40 bits per heavy atom. The van der Waals surface area contributed by atoms with E-state index < -0.39 is 0 Å². The zero-order chi connectivity index (χ0) is 2.99. The van der Waals surface area contributed by atoms with Crippen molar-refractivity contribution >= 4 is 18.9 Å². The van der Waals surface area contributed by atoms with Crippen LogP contribution in [0.2, 0.25) is 0 Å². The summed E-state index contributed by atoms with van der Waals surface area (Å²) < 4.78 is 0. The van der Waals surface area contributed by atoms with Gasteiger partial charge in [-0.1, -0.05) is 12.2 Å². The standard InChI is InChI=1S/C4H6.Li.H/c1-4-2-3-4;;/h1-3H2;;. The molecular weight excluding hydrogens is 55.0 g/mol. The van der Waals surface area contributed by atoms with Crippen molar-refractivity contribution in [2.45, 2.75) is 12.8 Å². The fourth-order valence-corrected chi connectivity index (χ4v) is 0.0884. The van der Waals surface area contributed by atoms with E-state index in [1.807, 2.05) is 0 Å². The van der Waals surface area contributed by atoms with Crippen LogP contribution in [-0.4, -0.2) is 18.9 Å². The van der Waals surface area contributed by atoms with Gasteiger partial charge in [0.05, 0.1) is 0 Å². The van der Waals surface area contributed by atoms with E-state index in [2.05, 4.69) is 6.58 Å². The molecule has 0 aromatic heterocycles. The third-order valence-corrected chi connectivity index (χ3v) is 0.604. The molecule has 5 heavy (non-hydrogen) atoms. The summed E-state index contributed by atoms with van der Waals surface area (Å²) in [5.74, 6) is 0. The van der Waals surface area contributed by atoms with Gasteiger partial charge in [-0.2, -0.15) is 0 Å². The van der Waals surface area contributed by atoms with Crippen molar-refractivity contribution in [2.24, 2.45) is 0 Å². The fraction of sp³-hybridized carbons (Fsp3) is 0.500. The van der Waals surface area contributed by atoms with Crippen molar-refractivity contribution in [3.05, 3.63) is 12.2 Å². The van der Waals surface area contributed by atoms with E-state index in [0.29, 0.717) is 0 Å². The molecule has 0 bridgehead atoms. The average molecular weight is 62.0 g/mol. The molecule has 1 aliphatic carbocycles. The van der Waals surface area contributed by atoms with Crippen LogP contribution in [0.25, 0.3) is 0 Å². The second kappa shape index (κ2) is 1.70. The van der Waals surface area contributed by atoms with Crippen molar-refractivity contribution in [2.75, 3.05) is 0 Å². The molecule has 0 saturated heterocycles. The Labute approximate surface area is 44.4 Å². The SMILES string of the molecule is C=C1CC1.[LiH]. The summed E-state index contributed by atoms with van der Waals surface area (Å²) in [7, 11) is 0. The molecule has 0 amide bonds. The van der Waals surface area contributed by atoms with E-state index in [1.54, 1.807) is 0 Å². The Balaban J connectivity index is 0.000000160. The number of allylic oxidation sites excluding steroid dienone is 1. The molecule has 1 heteroatoms. The Morgan fingerprint density at radius 3 is 1.60 bits per heavy atom. The van der Waals surface area contributed by atoms with Crippen LogP contribution in [0.3, 0.4) is 0 Å². The normalized spacial score (nSPS) is 17.2. The van der Waals surface area contributed by atoms with Gasteiger partial charge in [-0.3, -0.25) is 0 Å². The van der Waals surface area contributed by atoms with Crippen molar-refractivity contribution in [1.29, 1.82) is 0 Å². The van der Waals surface area contributed by atoms with Crippen molar-refractivity contribution in [1.82, 2.24) is 0 Å². The van der Waals surface area contributed by atoms with Gasteiger partial charge in [-0.05, 0) is 12.8 Å². The monoisotopic (exact) mass is 62.1 g/mol. The minimum atomic E-state index is 0. The molecule has 0 aromatic carbocycles. The molecule has 1 aliphatic rings. The van der Waals surface area contributed by atoms with E-state index in [0.717, 1.165) is 0 Å². The molecule has 0 spiro atoms. The van der Waals surface area contributed by atoms with Gasteiger partial charge < -0.3 is 0 Å².